The number of hydrogen-bond donors (Lipinski definition) is 2. The number of aliphatic carboxylic acids is 1. The van der Waals surface area contributed by atoms with Crippen molar-refractivity contribution in [3.05, 3.63) is 96.1 Å². The second kappa shape index (κ2) is 7.58. The van der Waals surface area contributed by atoms with Gasteiger partial charge in [0.15, 0.2) is 0 Å². The third-order valence-electron chi connectivity index (χ3n) is 6.55. The van der Waals surface area contributed by atoms with E-state index in [1.54, 1.807) is 0 Å². The fraction of sp³-hybridized carbons (Fsp3) is 0.222. The molecule has 0 radical (unpaired) electrons. The number of nitrogens with one attached hydrogen (secondary N) is 1. The fourth-order valence-electron chi connectivity index (χ4n) is 5.12. The summed E-state index contributed by atoms with van der Waals surface area (Å²) in [5.41, 5.74) is 2.44. The summed E-state index contributed by atoms with van der Waals surface area (Å²) >= 11 is 0. The van der Waals surface area contributed by atoms with Gasteiger partial charge in [-0.1, -0.05) is 84.9 Å². The fourth-order valence-corrected chi connectivity index (χ4v) is 5.12. The average molecular weight is 396 g/mol. The maximum absolute atomic E-state index is 11.8. The highest BCUT2D eigenvalue weighted by atomic mass is 16.4. The molecule has 30 heavy (non-hydrogen) atoms. The highest BCUT2D eigenvalue weighted by Crippen LogP contribution is 2.39. The maximum Gasteiger partial charge on any atom is 0.320 e. The van der Waals surface area contributed by atoms with E-state index >= 15 is 0 Å². The van der Waals surface area contributed by atoms with Crippen molar-refractivity contribution < 1.29 is 9.90 Å². The van der Waals surface area contributed by atoms with Crippen molar-refractivity contribution in [1.29, 1.82) is 0 Å². The second-order valence-electron chi connectivity index (χ2n) is 8.61. The van der Waals surface area contributed by atoms with Crippen molar-refractivity contribution in [1.82, 2.24) is 5.32 Å². The molecule has 0 aliphatic carbocycles. The van der Waals surface area contributed by atoms with E-state index in [1.165, 1.54) is 32.7 Å². The lowest BCUT2D eigenvalue weighted by molar-refractivity contribution is -0.139. The Morgan fingerprint density at radius 1 is 0.800 bits per heavy atom. The predicted molar refractivity (Wildman–Crippen MR) is 122 cm³/mol. The van der Waals surface area contributed by atoms with Gasteiger partial charge in [-0.2, -0.15) is 0 Å². The first kappa shape index (κ1) is 18.8. The smallest absolute Gasteiger partial charge is 0.320 e. The molecule has 4 aromatic carbocycles. The Kier molecular flexibility index (Phi) is 4.76. The number of carbonyl (C=O) groups is 1. The minimum absolute atomic E-state index is 0.142. The molecule has 1 heterocycles. The van der Waals surface area contributed by atoms with Gasteiger partial charge in [0.25, 0.3) is 0 Å². The molecule has 0 amide bonds. The highest BCUT2D eigenvalue weighted by molar-refractivity contribution is 5.87. The van der Waals surface area contributed by atoms with Crippen molar-refractivity contribution in [2.75, 3.05) is 6.54 Å². The van der Waals surface area contributed by atoms with E-state index in [2.05, 4.69) is 90.2 Å². The van der Waals surface area contributed by atoms with E-state index in [0.29, 0.717) is 13.0 Å². The Bertz CT molecular complexity index is 1140. The number of fused-ring (bicyclic) bond motifs is 2. The van der Waals surface area contributed by atoms with Crippen molar-refractivity contribution in [3.8, 4) is 0 Å². The van der Waals surface area contributed by atoms with Crippen LogP contribution < -0.4 is 5.32 Å². The van der Waals surface area contributed by atoms with Crippen molar-refractivity contribution in [2.45, 2.75) is 25.3 Å². The lowest BCUT2D eigenvalue weighted by Crippen LogP contribution is -2.30. The standard InChI is InChI=1S/C27H25NO2/c29-26(30)25-17-27(18-28-25,15-21-11-5-9-19-7-1-3-13-23(19)21)16-22-12-6-10-20-8-2-4-14-24(20)22/h1-14,25,28H,15-18H2,(H,29,30)/t25-/m0/s1. The zero-order chi connectivity index (χ0) is 20.6. The van der Waals surface area contributed by atoms with Crippen LogP contribution in [0.2, 0.25) is 0 Å². The molecule has 1 fully saturated rings. The summed E-state index contributed by atoms with van der Waals surface area (Å²) < 4.78 is 0. The molecule has 1 atom stereocenters. The van der Waals surface area contributed by atoms with E-state index in [9.17, 15) is 9.90 Å². The number of benzene rings is 4. The second-order valence-corrected chi connectivity index (χ2v) is 8.61. The summed E-state index contributed by atoms with van der Waals surface area (Å²) in [6.45, 7) is 0.705. The lowest BCUT2D eigenvalue weighted by Gasteiger charge is -2.30. The molecular formula is C27H25NO2. The molecule has 0 unspecified atom stereocenters. The summed E-state index contributed by atoms with van der Waals surface area (Å²) in [7, 11) is 0. The van der Waals surface area contributed by atoms with Crippen molar-refractivity contribution >= 4 is 27.5 Å². The molecule has 3 nitrogen and oxygen atoms in total. The van der Waals surface area contributed by atoms with Gasteiger partial charge in [0.05, 0.1) is 0 Å². The Morgan fingerprint density at radius 2 is 1.30 bits per heavy atom. The van der Waals surface area contributed by atoms with E-state index in [0.717, 1.165) is 12.8 Å². The van der Waals surface area contributed by atoms with Gasteiger partial charge in [-0.25, -0.2) is 0 Å². The van der Waals surface area contributed by atoms with Gasteiger partial charge in [-0.15, -0.1) is 0 Å². The van der Waals surface area contributed by atoms with E-state index in [4.69, 9.17) is 0 Å². The Morgan fingerprint density at radius 3 is 1.80 bits per heavy atom. The van der Waals surface area contributed by atoms with E-state index < -0.39 is 12.0 Å². The molecule has 150 valence electrons. The molecule has 0 aromatic heterocycles. The quantitative estimate of drug-likeness (QED) is 0.488. The normalized spacial score (nSPS) is 18.1. The molecule has 3 heteroatoms. The zero-order valence-electron chi connectivity index (χ0n) is 16.8. The van der Waals surface area contributed by atoms with Gasteiger partial charge < -0.3 is 10.4 Å². The van der Waals surface area contributed by atoms with Crippen LogP contribution in [0.4, 0.5) is 0 Å². The minimum atomic E-state index is -0.757. The van der Waals surface area contributed by atoms with Gasteiger partial charge in [-0.3, -0.25) is 4.79 Å². The summed E-state index contributed by atoms with van der Waals surface area (Å²) in [4.78, 5) is 11.8. The molecule has 0 bridgehead atoms. The van der Waals surface area contributed by atoms with Crippen LogP contribution in [0.5, 0.6) is 0 Å². The number of hydrogen-bond acceptors (Lipinski definition) is 2. The Labute approximate surface area is 176 Å². The number of carboxylic acid groups (broad SMARTS) is 1. The van der Waals surface area contributed by atoms with Gasteiger partial charge in [0.2, 0.25) is 0 Å². The van der Waals surface area contributed by atoms with Gasteiger partial charge >= 0.3 is 5.97 Å². The van der Waals surface area contributed by atoms with Gasteiger partial charge in [0.1, 0.15) is 6.04 Å². The lowest BCUT2D eigenvalue weighted by atomic mass is 9.73. The monoisotopic (exact) mass is 395 g/mol. The minimum Gasteiger partial charge on any atom is -0.480 e. The van der Waals surface area contributed by atoms with Crippen molar-refractivity contribution in [3.63, 3.8) is 0 Å². The molecule has 5 rings (SSSR count). The first-order chi connectivity index (χ1) is 14.6. The highest BCUT2D eigenvalue weighted by Gasteiger charge is 2.42. The molecule has 1 aliphatic rings. The third-order valence-corrected chi connectivity index (χ3v) is 6.55. The van der Waals surface area contributed by atoms with Gasteiger partial charge in [-0.05, 0) is 57.3 Å². The van der Waals surface area contributed by atoms with Crippen LogP contribution in [-0.4, -0.2) is 23.7 Å². The van der Waals surface area contributed by atoms with Crippen LogP contribution in [0.3, 0.4) is 0 Å². The van der Waals surface area contributed by atoms with Crippen LogP contribution in [0.15, 0.2) is 84.9 Å². The van der Waals surface area contributed by atoms with E-state index in [-0.39, 0.29) is 5.41 Å². The van der Waals surface area contributed by atoms with Crippen LogP contribution in [0, 0.1) is 5.41 Å². The number of carboxylic acids is 1. The summed E-state index contributed by atoms with van der Waals surface area (Å²) in [5, 5.41) is 17.9. The summed E-state index contributed by atoms with van der Waals surface area (Å²) in [6, 6.07) is 29.3. The SMILES string of the molecule is O=C(O)[C@@H]1CC(Cc2cccc3ccccc23)(Cc2cccc3ccccc23)CN1. The Hall–Kier alpha value is -3.17. The van der Waals surface area contributed by atoms with Crippen LogP contribution in [0.1, 0.15) is 17.5 Å². The molecule has 1 aliphatic heterocycles. The summed E-state index contributed by atoms with van der Waals surface area (Å²) in [5.74, 6) is -0.757. The van der Waals surface area contributed by atoms with Crippen LogP contribution in [-0.2, 0) is 17.6 Å². The summed E-state index contributed by atoms with van der Waals surface area (Å²) in [6.07, 6.45) is 2.34. The van der Waals surface area contributed by atoms with Gasteiger partial charge in [0, 0.05) is 6.54 Å². The molecule has 0 saturated carbocycles. The first-order valence-electron chi connectivity index (χ1n) is 10.5. The van der Waals surface area contributed by atoms with E-state index in [1.807, 2.05) is 0 Å². The Balaban J connectivity index is 1.57. The average Bonchev–Trinajstić information content (AvgIpc) is 3.18. The van der Waals surface area contributed by atoms with Crippen LogP contribution in [0.25, 0.3) is 21.5 Å². The molecule has 1 saturated heterocycles. The molecule has 2 N–H and O–H groups in total. The maximum atomic E-state index is 11.8. The largest absolute Gasteiger partial charge is 0.480 e. The topological polar surface area (TPSA) is 49.3 Å². The molecule has 0 spiro atoms. The molecular weight excluding hydrogens is 370 g/mol. The zero-order valence-corrected chi connectivity index (χ0v) is 16.8. The number of rotatable bonds is 5. The predicted octanol–water partition coefficient (Wildman–Crippen LogP) is 5.21. The van der Waals surface area contributed by atoms with Crippen LogP contribution >= 0.6 is 0 Å². The molecule has 4 aromatic rings. The third kappa shape index (κ3) is 3.46. The van der Waals surface area contributed by atoms with Crippen molar-refractivity contribution in [2.24, 2.45) is 5.41 Å². The first-order valence-corrected chi connectivity index (χ1v) is 10.5.